The van der Waals surface area contributed by atoms with Gasteiger partial charge in [-0.15, -0.1) is 0 Å². The van der Waals surface area contributed by atoms with Crippen LogP contribution in [0.5, 0.6) is 0 Å². The van der Waals surface area contributed by atoms with Gasteiger partial charge in [-0.2, -0.15) is 0 Å². The smallest absolute Gasteiger partial charge is 0.463 e. The molecule has 9 heteroatoms. The fraction of sp³-hybridized carbons (Fsp3) is 0.960. The Labute approximate surface area is 209 Å². The zero-order valence-corrected chi connectivity index (χ0v) is 24.5. The standard InChI is InChI=1S/C25H52O8Si/c1-23(2,3)31-34(32-24(4,5)6,33-25(7,8)9)18-14-17-29-19-21(26)20-30-22(27)15-12-11-13-16-28-10/h21,26H,11-20H2,1-10H3. The molecule has 0 bridgehead atoms. The summed E-state index contributed by atoms with van der Waals surface area (Å²) in [5.41, 5.74) is -1.27. The number of methoxy groups -OCH3 is 1. The largest absolute Gasteiger partial charge is 0.502 e. The van der Waals surface area contributed by atoms with Crippen molar-refractivity contribution in [3.05, 3.63) is 0 Å². The molecule has 204 valence electrons. The molecule has 8 nitrogen and oxygen atoms in total. The van der Waals surface area contributed by atoms with Gasteiger partial charge in [0.1, 0.15) is 12.7 Å². The van der Waals surface area contributed by atoms with E-state index in [1.54, 1.807) is 7.11 Å². The van der Waals surface area contributed by atoms with Gasteiger partial charge >= 0.3 is 14.8 Å². The molecule has 0 aromatic heterocycles. The summed E-state index contributed by atoms with van der Waals surface area (Å²) in [6, 6.07) is 0.590. The van der Waals surface area contributed by atoms with Gasteiger partial charge in [-0.1, -0.05) is 6.42 Å². The predicted molar refractivity (Wildman–Crippen MR) is 136 cm³/mol. The first-order valence-electron chi connectivity index (χ1n) is 12.5. The summed E-state index contributed by atoms with van der Waals surface area (Å²) in [4.78, 5) is 11.8. The third kappa shape index (κ3) is 19.7. The third-order valence-corrected chi connectivity index (χ3v) is 7.87. The second kappa shape index (κ2) is 15.5. The maximum atomic E-state index is 11.8. The van der Waals surface area contributed by atoms with E-state index >= 15 is 0 Å². The zero-order valence-electron chi connectivity index (χ0n) is 23.5. The summed E-state index contributed by atoms with van der Waals surface area (Å²) in [6.07, 6.45) is 2.73. The van der Waals surface area contributed by atoms with Crippen LogP contribution in [0.1, 0.15) is 94.4 Å². The van der Waals surface area contributed by atoms with Crippen LogP contribution in [-0.4, -0.2) is 76.3 Å². The van der Waals surface area contributed by atoms with E-state index < -0.39 is 31.7 Å². The van der Waals surface area contributed by atoms with Gasteiger partial charge in [-0.25, -0.2) is 0 Å². The summed E-state index contributed by atoms with van der Waals surface area (Å²) in [5.74, 6) is -0.301. The number of rotatable bonds is 17. The van der Waals surface area contributed by atoms with Crippen LogP contribution >= 0.6 is 0 Å². The van der Waals surface area contributed by atoms with E-state index in [1.807, 2.05) is 62.3 Å². The van der Waals surface area contributed by atoms with E-state index in [0.29, 0.717) is 32.1 Å². The van der Waals surface area contributed by atoms with Crippen molar-refractivity contribution in [2.24, 2.45) is 0 Å². The fourth-order valence-corrected chi connectivity index (χ4v) is 7.03. The molecule has 0 amide bonds. The Balaban J connectivity index is 4.57. The van der Waals surface area contributed by atoms with Crippen LogP contribution in [0.15, 0.2) is 0 Å². The summed E-state index contributed by atoms with van der Waals surface area (Å²) in [6.45, 7) is 19.1. The molecule has 1 atom stereocenters. The summed E-state index contributed by atoms with van der Waals surface area (Å²) in [5, 5.41) is 10.1. The minimum Gasteiger partial charge on any atom is -0.463 e. The average molecular weight is 509 g/mol. The molecule has 0 aromatic carbocycles. The summed E-state index contributed by atoms with van der Waals surface area (Å²) in [7, 11) is -1.39. The SMILES string of the molecule is COCCCCCC(=O)OCC(O)COCCC[Si](OC(C)(C)C)(OC(C)(C)C)OC(C)(C)C. The molecule has 0 saturated heterocycles. The Kier molecular flexibility index (Phi) is 15.3. The van der Waals surface area contributed by atoms with Crippen molar-refractivity contribution in [1.29, 1.82) is 0 Å². The highest BCUT2D eigenvalue weighted by Crippen LogP contribution is 2.32. The molecule has 0 saturated carbocycles. The Morgan fingerprint density at radius 1 is 0.765 bits per heavy atom. The van der Waals surface area contributed by atoms with Crippen molar-refractivity contribution in [2.45, 2.75) is 123 Å². The number of unbranched alkanes of at least 4 members (excludes halogenated alkanes) is 2. The van der Waals surface area contributed by atoms with Gasteiger partial charge in [0.05, 0.1) is 23.4 Å². The monoisotopic (exact) mass is 508 g/mol. The molecule has 0 rings (SSSR count). The van der Waals surface area contributed by atoms with Crippen LogP contribution in [0, 0.1) is 0 Å². The second-order valence-corrected chi connectivity index (χ2v) is 14.1. The molecular formula is C25H52O8Si. The Hall–Kier alpha value is -0.553. The van der Waals surface area contributed by atoms with Gasteiger partial charge in [0.2, 0.25) is 0 Å². The van der Waals surface area contributed by atoms with Gasteiger partial charge in [0.25, 0.3) is 0 Å². The quantitative estimate of drug-likeness (QED) is 0.169. The zero-order chi connectivity index (χ0) is 26.5. The van der Waals surface area contributed by atoms with E-state index in [2.05, 4.69) is 0 Å². The fourth-order valence-electron chi connectivity index (χ4n) is 3.23. The average Bonchev–Trinajstić information content (AvgIpc) is 2.61. The van der Waals surface area contributed by atoms with Crippen LogP contribution in [0.3, 0.4) is 0 Å². The topological polar surface area (TPSA) is 92.7 Å². The van der Waals surface area contributed by atoms with Crippen LogP contribution in [0.4, 0.5) is 0 Å². The van der Waals surface area contributed by atoms with Gasteiger partial charge in [0, 0.05) is 32.8 Å². The van der Waals surface area contributed by atoms with Crippen molar-refractivity contribution in [1.82, 2.24) is 0 Å². The number of hydrogen-bond acceptors (Lipinski definition) is 8. The number of carbonyl (C=O) groups is 1. The molecule has 0 aliphatic heterocycles. The van der Waals surface area contributed by atoms with Gasteiger partial charge < -0.3 is 32.6 Å². The normalized spacial score (nSPS) is 14.3. The summed E-state index contributed by atoms with van der Waals surface area (Å²) >= 11 is 0. The highest BCUT2D eigenvalue weighted by atomic mass is 28.4. The van der Waals surface area contributed by atoms with Crippen LogP contribution in [0.25, 0.3) is 0 Å². The molecule has 0 spiro atoms. The molecule has 0 aliphatic rings. The first-order valence-corrected chi connectivity index (χ1v) is 14.4. The van der Waals surface area contributed by atoms with Crippen LogP contribution < -0.4 is 0 Å². The second-order valence-electron chi connectivity index (χ2n) is 11.6. The van der Waals surface area contributed by atoms with Crippen molar-refractivity contribution < 1.29 is 37.4 Å². The molecule has 1 N–H and O–H groups in total. The van der Waals surface area contributed by atoms with Crippen molar-refractivity contribution in [2.75, 3.05) is 33.5 Å². The lowest BCUT2D eigenvalue weighted by atomic mass is 10.2. The number of ether oxygens (including phenoxy) is 3. The minimum absolute atomic E-state index is 0.0665. The van der Waals surface area contributed by atoms with E-state index in [9.17, 15) is 9.90 Å². The van der Waals surface area contributed by atoms with Gasteiger partial charge in [-0.05, 0) is 81.6 Å². The number of carbonyl (C=O) groups excluding carboxylic acids is 1. The van der Waals surface area contributed by atoms with Crippen LogP contribution in [-0.2, 0) is 32.3 Å². The number of hydrogen-bond donors (Lipinski definition) is 1. The molecule has 0 aromatic rings. The highest BCUT2D eigenvalue weighted by molar-refractivity contribution is 6.61. The molecule has 0 aliphatic carbocycles. The number of aliphatic hydroxyl groups is 1. The predicted octanol–water partition coefficient (Wildman–Crippen LogP) is 4.89. The molecule has 0 fully saturated rings. The van der Waals surface area contributed by atoms with E-state index in [-0.39, 0.29) is 19.2 Å². The Morgan fingerprint density at radius 2 is 1.29 bits per heavy atom. The van der Waals surface area contributed by atoms with Crippen LogP contribution in [0.2, 0.25) is 6.04 Å². The number of esters is 1. The molecule has 0 heterocycles. The Morgan fingerprint density at radius 3 is 1.76 bits per heavy atom. The first-order chi connectivity index (χ1) is 15.5. The molecule has 1 unspecified atom stereocenters. The lowest BCUT2D eigenvalue weighted by Crippen LogP contribution is -2.57. The molecule has 34 heavy (non-hydrogen) atoms. The van der Waals surface area contributed by atoms with Gasteiger partial charge in [0.15, 0.2) is 0 Å². The minimum atomic E-state index is -3.05. The van der Waals surface area contributed by atoms with Crippen molar-refractivity contribution in [3.63, 3.8) is 0 Å². The maximum Gasteiger partial charge on any atom is 0.502 e. The molecular weight excluding hydrogens is 456 g/mol. The Bertz CT molecular complexity index is 508. The first kappa shape index (κ1) is 33.4. The highest BCUT2D eigenvalue weighted by Gasteiger charge is 2.49. The van der Waals surface area contributed by atoms with E-state index in [1.165, 1.54) is 0 Å². The maximum absolute atomic E-state index is 11.8. The van der Waals surface area contributed by atoms with E-state index in [4.69, 9.17) is 27.5 Å². The lowest BCUT2D eigenvalue weighted by molar-refractivity contribution is -0.148. The van der Waals surface area contributed by atoms with Crippen molar-refractivity contribution in [3.8, 4) is 0 Å². The van der Waals surface area contributed by atoms with E-state index in [0.717, 1.165) is 19.3 Å². The van der Waals surface area contributed by atoms with Gasteiger partial charge in [-0.3, -0.25) is 4.79 Å². The third-order valence-electron chi connectivity index (χ3n) is 4.13. The lowest BCUT2D eigenvalue weighted by Gasteiger charge is -2.43. The number of aliphatic hydroxyl groups excluding tert-OH is 1. The molecule has 0 radical (unpaired) electrons. The van der Waals surface area contributed by atoms with Crippen molar-refractivity contribution >= 4 is 14.8 Å². The summed E-state index contributed by atoms with van der Waals surface area (Å²) < 4.78 is 35.1.